The van der Waals surface area contributed by atoms with Crippen molar-refractivity contribution < 1.29 is 9.53 Å². The van der Waals surface area contributed by atoms with Crippen LogP contribution in [0.15, 0.2) is 18.3 Å². The van der Waals surface area contributed by atoms with Crippen molar-refractivity contribution >= 4 is 5.78 Å². The van der Waals surface area contributed by atoms with Crippen LogP contribution in [-0.4, -0.2) is 16.9 Å². The quantitative estimate of drug-likeness (QED) is 0.720. The third-order valence-corrected chi connectivity index (χ3v) is 2.98. The molecule has 0 N–H and O–H groups in total. The van der Waals surface area contributed by atoms with E-state index < -0.39 is 0 Å². The minimum Gasteiger partial charge on any atom is -0.373 e. The monoisotopic (exact) mass is 263 g/mol. The Bertz CT molecular complexity index is 382. The number of hydrogen-bond acceptors (Lipinski definition) is 3. The van der Waals surface area contributed by atoms with Crippen LogP contribution in [0.4, 0.5) is 0 Å². The summed E-state index contributed by atoms with van der Waals surface area (Å²) in [6, 6.07) is 4.08. The van der Waals surface area contributed by atoms with E-state index in [2.05, 4.69) is 11.1 Å². The molecule has 3 nitrogen and oxygen atoms in total. The van der Waals surface area contributed by atoms with Crippen LogP contribution in [0.5, 0.6) is 0 Å². The summed E-state index contributed by atoms with van der Waals surface area (Å²) in [7, 11) is 0. The number of ketones is 1. The number of hydrogen-bond donors (Lipinski definition) is 0. The van der Waals surface area contributed by atoms with Crippen molar-refractivity contribution in [3.63, 3.8) is 0 Å². The molecule has 1 aromatic heterocycles. The summed E-state index contributed by atoms with van der Waals surface area (Å²) in [6.07, 6.45) is 4.59. The standard InChI is InChI=1S/C16H25NO2/c1-12(2)16(18)7-5-6-14-8-9-15(17-10-14)11-19-13(3)4/h8-10,12-13H,5-7,11H2,1-4H3. The topological polar surface area (TPSA) is 39.2 Å². The van der Waals surface area contributed by atoms with E-state index in [1.807, 2.05) is 40.0 Å². The SMILES string of the molecule is CC(C)OCc1ccc(CCCC(=O)C(C)C)cn1. The smallest absolute Gasteiger partial charge is 0.135 e. The summed E-state index contributed by atoms with van der Waals surface area (Å²) in [4.78, 5) is 15.9. The van der Waals surface area contributed by atoms with E-state index in [1.54, 1.807) is 0 Å². The van der Waals surface area contributed by atoms with Gasteiger partial charge in [-0.15, -0.1) is 0 Å². The predicted molar refractivity (Wildman–Crippen MR) is 76.9 cm³/mol. The van der Waals surface area contributed by atoms with Gasteiger partial charge in [0.2, 0.25) is 0 Å². The lowest BCUT2D eigenvalue weighted by molar-refractivity contribution is -0.121. The molecule has 0 aliphatic carbocycles. The molecule has 0 aliphatic rings. The Morgan fingerprint density at radius 1 is 1.26 bits per heavy atom. The lowest BCUT2D eigenvalue weighted by Crippen LogP contribution is -2.07. The lowest BCUT2D eigenvalue weighted by Gasteiger charge is -2.07. The highest BCUT2D eigenvalue weighted by atomic mass is 16.5. The Balaban J connectivity index is 2.34. The molecule has 0 amide bonds. The molecule has 0 aromatic carbocycles. The summed E-state index contributed by atoms with van der Waals surface area (Å²) >= 11 is 0. The molecule has 0 bridgehead atoms. The molecule has 1 aromatic rings. The zero-order valence-corrected chi connectivity index (χ0v) is 12.5. The van der Waals surface area contributed by atoms with E-state index in [4.69, 9.17) is 4.74 Å². The number of nitrogens with zero attached hydrogens (tertiary/aromatic N) is 1. The highest BCUT2D eigenvalue weighted by molar-refractivity contribution is 5.80. The molecule has 1 rings (SSSR count). The normalized spacial score (nSPS) is 11.3. The molecule has 3 heteroatoms. The fourth-order valence-corrected chi connectivity index (χ4v) is 1.70. The Morgan fingerprint density at radius 2 is 2.00 bits per heavy atom. The highest BCUT2D eigenvalue weighted by Gasteiger charge is 2.06. The number of ether oxygens (including phenoxy) is 1. The van der Waals surface area contributed by atoms with Gasteiger partial charge in [-0.2, -0.15) is 0 Å². The molecule has 0 unspecified atom stereocenters. The molecule has 0 spiro atoms. The number of aryl methyl sites for hydroxylation is 1. The number of pyridine rings is 1. The van der Waals surface area contributed by atoms with Crippen LogP contribution in [0.3, 0.4) is 0 Å². The van der Waals surface area contributed by atoms with Gasteiger partial charge < -0.3 is 4.74 Å². The number of aromatic nitrogens is 1. The molecule has 0 radical (unpaired) electrons. The van der Waals surface area contributed by atoms with E-state index in [-0.39, 0.29) is 12.0 Å². The summed E-state index contributed by atoms with van der Waals surface area (Å²) in [5.41, 5.74) is 2.14. The van der Waals surface area contributed by atoms with Gasteiger partial charge in [0.1, 0.15) is 5.78 Å². The molecule has 0 atom stereocenters. The summed E-state index contributed by atoms with van der Waals surface area (Å²) in [6.45, 7) is 8.49. The Kier molecular flexibility index (Phi) is 6.71. The molecule has 106 valence electrons. The second kappa shape index (κ2) is 8.05. The first kappa shape index (κ1) is 15.8. The van der Waals surface area contributed by atoms with Crippen molar-refractivity contribution in [3.05, 3.63) is 29.6 Å². The molecule has 19 heavy (non-hydrogen) atoms. The minimum absolute atomic E-state index is 0.147. The molecule has 0 saturated heterocycles. The molecule has 0 fully saturated rings. The van der Waals surface area contributed by atoms with E-state index in [1.165, 1.54) is 5.56 Å². The Labute approximate surface area is 116 Å². The zero-order valence-electron chi connectivity index (χ0n) is 12.5. The van der Waals surface area contributed by atoms with Gasteiger partial charge in [-0.25, -0.2) is 0 Å². The van der Waals surface area contributed by atoms with Gasteiger partial charge in [-0.3, -0.25) is 9.78 Å². The average molecular weight is 263 g/mol. The first-order valence-corrected chi connectivity index (χ1v) is 7.07. The van der Waals surface area contributed by atoms with Crippen LogP contribution in [0.25, 0.3) is 0 Å². The summed E-state index contributed by atoms with van der Waals surface area (Å²) in [5.74, 6) is 0.489. The Hall–Kier alpha value is -1.22. The van der Waals surface area contributed by atoms with E-state index >= 15 is 0 Å². The number of Topliss-reactive ketones (excluding diaryl/α,β-unsaturated/α-hetero) is 1. The third kappa shape index (κ3) is 6.48. The van der Waals surface area contributed by atoms with Crippen molar-refractivity contribution in [1.29, 1.82) is 0 Å². The predicted octanol–water partition coefficient (Wildman–Crippen LogP) is 3.55. The number of carbonyl (C=O) groups is 1. The maximum Gasteiger partial charge on any atom is 0.135 e. The zero-order chi connectivity index (χ0) is 14.3. The van der Waals surface area contributed by atoms with Gasteiger partial charge >= 0.3 is 0 Å². The molecule has 0 aliphatic heterocycles. The van der Waals surface area contributed by atoms with Crippen LogP contribution >= 0.6 is 0 Å². The second-order valence-corrected chi connectivity index (χ2v) is 5.49. The fraction of sp³-hybridized carbons (Fsp3) is 0.625. The largest absolute Gasteiger partial charge is 0.373 e. The average Bonchev–Trinajstić information content (AvgIpc) is 2.37. The summed E-state index contributed by atoms with van der Waals surface area (Å²) < 4.78 is 5.50. The maximum absolute atomic E-state index is 11.5. The van der Waals surface area contributed by atoms with Crippen molar-refractivity contribution in [2.75, 3.05) is 0 Å². The van der Waals surface area contributed by atoms with E-state index in [0.29, 0.717) is 18.8 Å². The maximum atomic E-state index is 11.5. The van der Waals surface area contributed by atoms with Gasteiger partial charge in [0, 0.05) is 18.5 Å². The van der Waals surface area contributed by atoms with Crippen molar-refractivity contribution in [3.8, 4) is 0 Å². The van der Waals surface area contributed by atoms with Gasteiger partial charge in [-0.05, 0) is 38.3 Å². The van der Waals surface area contributed by atoms with Gasteiger partial charge in [0.05, 0.1) is 18.4 Å². The first-order chi connectivity index (χ1) is 8.99. The van der Waals surface area contributed by atoms with Crippen LogP contribution in [-0.2, 0) is 22.6 Å². The fourth-order valence-electron chi connectivity index (χ4n) is 1.70. The number of carbonyl (C=O) groups excluding carboxylic acids is 1. The number of rotatable bonds is 8. The molecule has 0 saturated carbocycles. The van der Waals surface area contributed by atoms with Gasteiger partial charge in [0.15, 0.2) is 0 Å². The Morgan fingerprint density at radius 3 is 2.53 bits per heavy atom. The van der Waals surface area contributed by atoms with E-state index in [0.717, 1.165) is 18.5 Å². The second-order valence-electron chi connectivity index (χ2n) is 5.49. The third-order valence-electron chi connectivity index (χ3n) is 2.98. The van der Waals surface area contributed by atoms with E-state index in [9.17, 15) is 4.79 Å². The van der Waals surface area contributed by atoms with Crippen LogP contribution in [0.1, 0.15) is 51.8 Å². The molecular weight excluding hydrogens is 238 g/mol. The van der Waals surface area contributed by atoms with Crippen LogP contribution in [0.2, 0.25) is 0 Å². The first-order valence-electron chi connectivity index (χ1n) is 7.07. The highest BCUT2D eigenvalue weighted by Crippen LogP contribution is 2.09. The lowest BCUT2D eigenvalue weighted by atomic mass is 10.0. The summed E-state index contributed by atoms with van der Waals surface area (Å²) in [5, 5.41) is 0. The van der Waals surface area contributed by atoms with Gasteiger partial charge in [-0.1, -0.05) is 19.9 Å². The molecular formula is C16H25NO2. The van der Waals surface area contributed by atoms with Crippen LogP contribution in [0, 0.1) is 5.92 Å². The van der Waals surface area contributed by atoms with Crippen molar-refractivity contribution in [2.45, 2.75) is 59.7 Å². The van der Waals surface area contributed by atoms with Gasteiger partial charge in [0.25, 0.3) is 0 Å². The van der Waals surface area contributed by atoms with Crippen molar-refractivity contribution in [1.82, 2.24) is 4.98 Å². The van der Waals surface area contributed by atoms with Crippen molar-refractivity contribution in [2.24, 2.45) is 5.92 Å². The van der Waals surface area contributed by atoms with Crippen LogP contribution < -0.4 is 0 Å². The molecule has 1 heterocycles. The minimum atomic E-state index is 0.147.